The van der Waals surface area contributed by atoms with Crippen molar-refractivity contribution in [2.45, 2.75) is 20.3 Å². The number of nitrogens with one attached hydrogen (secondary N) is 1. The number of benzene rings is 1. The highest BCUT2D eigenvalue weighted by Crippen LogP contribution is 2.24. The second-order valence-corrected chi connectivity index (χ2v) is 6.00. The second-order valence-electron chi connectivity index (χ2n) is 5.00. The van der Waals surface area contributed by atoms with Gasteiger partial charge in [0.15, 0.2) is 10.9 Å². The van der Waals surface area contributed by atoms with Gasteiger partial charge in [-0.05, 0) is 26.0 Å². The molecular formula is C17H16N2O5S. The molecular weight excluding hydrogens is 344 g/mol. The molecule has 25 heavy (non-hydrogen) atoms. The zero-order valence-corrected chi connectivity index (χ0v) is 14.5. The number of aromatic nitrogens is 1. The van der Waals surface area contributed by atoms with Crippen molar-refractivity contribution in [3.63, 3.8) is 0 Å². The zero-order valence-electron chi connectivity index (χ0n) is 13.7. The minimum atomic E-state index is -1.03. The topological polar surface area (TPSA) is 102 Å². The van der Waals surface area contributed by atoms with Crippen LogP contribution in [-0.4, -0.2) is 35.0 Å². The molecule has 0 saturated heterocycles. The Morgan fingerprint density at radius 1 is 1.16 bits per heavy atom. The molecule has 130 valence electrons. The Balaban J connectivity index is 2.06. The summed E-state index contributed by atoms with van der Waals surface area (Å²) in [7, 11) is 0. The van der Waals surface area contributed by atoms with Gasteiger partial charge in [-0.1, -0.05) is 29.5 Å². The van der Waals surface area contributed by atoms with Crippen molar-refractivity contribution in [2.75, 3.05) is 11.9 Å². The first kappa shape index (κ1) is 18.5. The lowest BCUT2D eigenvalue weighted by atomic mass is 10.1. The molecule has 0 unspecified atom stereocenters. The molecule has 1 aromatic heterocycles. The van der Waals surface area contributed by atoms with E-state index in [0.717, 1.165) is 11.3 Å². The number of anilines is 1. The number of thiazole rings is 1. The van der Waals surface area contributed by atoms with Gasteiger partial charge in [-0.2, -0.15) is 0 Å². The molecule has 1 aromatic carbocycles. The number of carbonyl (C=O) groups excluding carboxylic acids is 4. The van der Waals surface area contributed by atoms with E-state index in [0.29, 0.717) is 11.3 Å². The Bertz CT molecular complexity index is 814. The highest BCUT2D eigenvalue weighted by atomic mass is 32.1. The number of aryl methyl sites for hydroxylation is 1. The lowest BCUT2D eigenvalue weighted by molar-refractivity contribution is -0.153. The molecule has 0 aliphatic heterocycles. The summed E-state index contributed by atoms with van der Waals surface area (Å²) in [4.78, 5) is 51.6. The first-order valence-electron chi connectivity index (χ1n) is 7.49. The van der Waals surface area contributed by atoms with Crippen LogP contribution in [0.5, 0.6) is 0 Å². The third kappa shape index (κ3) is 4.80. The van der Waals surface area contributed by atoms with Crippen molar-refractivity contribution in [1.82, 2.24) is 4.98 Å². The van der Waals surface area contributed by atoms with Gasteiger partial charge >= 0.3 is 5.97 Å². The van der Waals surface area contributed by atoms with Gasteiger partial charge in [-0.3, -0.25) is 19.7 Å². The highest BCUT2D eigenvalue weighted by molar-refractivity contribution is 7.17. The van der Waals surface area contributed by atoms with Gasteiger partial charge in [0.05, 0.1) is 23.6 Å². The van der Waals surface area contributed by atoms with Crippen LogP contribution < -0.4 is 5.32 Å². The average Bonchev–Trinajstić information content (AvgIpc) is 2.96. The third-order valence-corrected chi connectivity index (χ3v) is 4.24. The third-order valence-electron chi connectivity index (χ3n) is 3.13. The average molecular weight is 360 g/mol. The Morgan fingerprint density at radius 3 is 2.48 bits per heavy atom. The number of esters is 1. The van der Waals surface area contributed by atoms with Crippen LogP contribution in [0.25, 0.3) is 0 Å². The second kappa shape index (κ2) is 8.29. The van der Waals surface area contributed by atoms with Crippen LogP contribution in [0.3, 0.4) is 0 Å². The van der Waals surface area contributed by atoms with Gasteiger partial charge in [-0.25, -0.2) is 9.78 Å². The standard InChI is InChI=1S/C17H16N2O5S/c1-3-24-16(23)13(21)9-12(20)14-10(2)18-17(25-14)19-15(22)11-7-5-4-6-8-11/h4-8H,3,9H2,1-2H3,(H,18,19,22). The SMILES string of the molecule is CCOC(=O)C(=O)CC(=O)c1sc(NC(=O)c2ccccc2)nc1C. The van der Waals surface area contributed by atoms with Crippen molar-refractivity contribution in [1.29, 1.82) is 0 Å². The fourth-order valence-electron chi connectivity index (χ4n) is 1.98. The summed E-state index contributed by atoms with van der Waals surface area (Å²) in [6, 6.07) is 8.57. The maximum Gasteiger partial charge on any atom is 0.375 e. The number of ether oxygens (including phenoxy) is 1. The van der Waals surface area contributed by atoms with Crippen molar-refractivity contribution in [2.24, 2.45) is 0 Å². The molecule has 7 nitrogen and oxygen atoms in total. The predicted octanol–water partition coefficient (Wildman–Crippen LogP) is 2.41. The number of hydrogen-bond acceptors (Lipinski definition) is 7. The molecule has 1 heterocycles. The highest BCUT2D eigenvalue weighted by Gasteiger charge is 2.23. The predicted molar refractivity (Wildman–Crippen MR) is 91.8 cm³/mol. The Hall–Kier alpha value is -2.87. The molecule has 1 N–H and O–H groups in total. The molecule has 8 heteroatoms. The van der Waals surface area contributed by atoms with E-state index in [9.17, 15) is 19.2 Å². The molecule has 0 bridgehead atoms. The molecule has 2 aromatic rings. The first-order chi connectivity index (χ1) is 11.9. The monoisotopic (exact) mass is 360 g/mol. The number of nitrogens with zero attached hydrogens (tertiary/aromatic N) is 1. The van der Waals surface area contributed by atoms with Gasteiger partial charge in [0.25, 0.3) is 5.91 Å². The van der Waals surface area contributed by atoms with E-state index in [2.05, 4.69) is 15.0 Å². The van der Waals surface area contributed by atoms with Crippen LogP contribution in [0, 0.1) is 6.92 Å². The smallest absolute Gasteiger partial charge is 0.375 e. The zero-order chi connectivity index (χ0) is 18.4. The quantitative estimate of drug-likeness (QED) is 0.352. The van der Waals surface area contributed by atoms with Crippen molar-refractivity contribution >= 4 is 39.9 Å². The Morgan fingerprint density at radius 2 is 1.84 bits per heavy atom. The number of ketones is 2. The van der Waals surface area contributed by atoms with Crippen LogP contribution in [0.4, 0.5) is 5.13 Å². The number of Topliss-reactive ketones (excluding diaryl/α,β-unsaturated/α-hetero) is 2. The van der Waals surface area contributed by atoms with Crippen LogP contribution in [0.1, 0.15) is 39.1 Å². The fraction of sp³-hybridized carbons (Fsp3) is 0.235. The van der Waals surface area contributed by atoms with E-state index < -0.39 is 24.0 Å². The fourth-order valence-corrected chi connectivity index (χ4v) is 2.88. The molecule has 0 spiro atoms. The maximum atomic E-state index is 12.2. The molecule has 1 amide bonds. The lowest BCUT2D eigenvalue weighted by Crippen LogP contribution is -2.20. The Labute approximate surface area is 148 Å². The molecule has 0 aliphatic rings. The van der Waals surface area contributed by atoms with Crippen molar-refractivity contribution in [3.05, 3.63) is 46.5 Å². The minimum absolute atomic E-state index is 0.0635. The van der Waals surface area contributed by atoms with E-state index in [1.165, 1.54) is 0 Å². The van der Waals surface area contributed by atoms with Gasteiger partial charge in [0, 0.05) is 5.56 Å². The summed E-state index contributed by atoms with van der Waals surface area (Å²) >= 11 is 0.961. The van der Waals surface area contributed by atoms with Gasteiger partial charge < -0.3 is 4.74 Å². The molecule has 2 rings (SSSR count). The molecule has 0 radical (unpaired) electrons. The van der Waals surface area contributed by atoms with E-state index in [-0.39, 0.29) is 22.5 Å². The van der Waals surface area contributed by atoms with E-state index in [1.807, 2.05) is 0 Å². The van der Waals surface area contributed by atoms with Crippen molar-refractivity contribution < 1.29 is 23.9 Å². The van der Waals surface area contributed by atoms with Crippen LogP contribution >= 0.6 is 11.3 Å². The maximum absolute atomic E-state index is 12.2. The van der Waals surface area contributed by atoms with Gasteiger partial charge in [0.1, 0.15) is 0 Å². The summed E-state index contributed by atoms with van der Waals surface area (Å²) < 4.78 is 4.57. The van der Waals surface area contributed by atoms with E-state index in [1.54, 1.807) is 44.2 Å². The number of carbonyl (C=O) groups is 4. The first-order valence-corrected chi connectivity index (χ1v) is 8.31. The summed E-state index contributed by atoms with van der Waals surface area (Å²) in [5, 5.41) is 2.86. The number of hydrogen-bond donors (Lipinski definition) is 1. The van der Waals surface area contributed by atoms with E-state index >= 15 is 0 Å². The molecule has 0 fully saturated rings. The normalized spacial score (nSPS) is 10.2. The van der Waals surface area contributed by atoms with Gasteiger partial charge in [-0.15, -0.1) is 0 Å². The van der Waals surface area contributed by atoms with E-state index in [4.69, 9.17) is 0 Å². The Kier molecular flexibility index (Phi) is 6.13. The van der Waals surface area contributed by atoms with Crippen LogP contribution in [0.2, 0.25) is 0 Å². The molecule has 0 aliphatic carbocycles. The summed E-state index contributed by atoms with van der Waals surface area (Å²) in [6.07, 6.45) is -0.589. The molecule has 0 atom stereocenters. The van der Waals surface area contributed by atoms with Crippen molar-refractivity contribution in [3.8, 4) is 0 Å². The lowest BCUT2D eigenvalue weighted by Gasteiger charge is -2.00. The van der Waals surface area contributed by atoms with Crippen LogP contribution in [-0.2, 0) is 14.3 Å². The minimum Gasteiger partial charge on any atom is -0.460 e. The summed E-state index contributed by atoms with van der Waals surface area (Å²) in [6.45, 7) is 3.23. The largest absolute Gasteiger partial charge is 0.460 e. The van der Waals surface area contributed by atoms with Crippen LogP contribution in [0.15, 0.2) is 30.3 Å². The number of rotatable bonds is 7. The van der Waals surface area contributed by atoms with Gasteiger partial charge in [0.2, 0.25) is 5.78 Å². The summed E-state index contributed by atoms with van der Waals surface area (Å²) in [5.41, 5.74) is 0.843. The number of amides is 1. The summed E-state index contributed by atoms with van der Waals surface area (Å²) in [5.74, 6) is -2.82. The molecule has 0 saturated carbocycles.